The van der Waals surface area contributed by atoms with Crippen molar-refractivity contribution in [3.8, 4) is 0 Å². The zero-order chi connectivity index (χ0) is 13.2. The van der Waals surface area contributed by atoms with Crippen LogP contribution in [0, 0.1) is 5.92 Å². The maximum atomic E-state index is 12.0. The molecule has 1 amide bonds. The normalized spacial score (nSPS) is 23.5. The van der Waals surface area contributed by atoms with Gasteiger partial charge in [-0.2, -0.15) is 0 Å². The molecule has 1 atom stereocenters. The highest BCUT2D eigenvalue weighted by Crippen LogP contribution is 2.31. The van der Waals surface area contributed by atoms with E-state index < -0.39 is 0 Å². The van der Waals surface area contributed by atoms with Gasteiger partial charge in [0.2, 0.25) is 0 Å². The van der Waals surface area contributed by atoms with Gasteiger partial charge in [0.1, 0.15) is 0 Å². The second-order valence-electron chi connectivity index (χ2n) is 5.60. The van der Waals surface area contributed by atoms with Crippen molar-refractivity contribution < 1.29 is 4.79 Å². The van der Waals surface area contributed by atoms with E-state index in [-0.39, 0.29) is 5.91 Å². The Morgan fingerprint density at radius 3 is 2.68 bits per heavy atom. The molecule has 1 aliphatic carbocycles. The molecule has 0 spiro atoms. The summed E-state index contributed by atoms with van der Waals surface area (Å²) in [4.78, 5) is 14.5. The molecule has 1 aromatic carbocycles. The van der Waals surface area contributed by atoms with Gasteiger partial charge in [0.15, 0.2) is 0 Å². The summed E-state index contributed by atoms with van der Waals surface area (Å²) in [7, 11) is 0. The standard InChI is InChI=1S/C15H19ClN2O/c16-13-3-1-12(2-4-13)15(19)17-9-11-7-8-18(10-11)14-5-6-14/h1-4,11,14H,5-10H2,(H,17,19). The molecule has 1 N–H and O–H groups in total. The first kappa shape index (κ1) is 12.9. The average Bonchev–Trinajstić information content (AvgIpc) is 3.16. The Kier molecular flexibility index (Phi) is 3.76. The maximum absolute atomic E-state index is 12.0. The molecule has 19 heavy (non-hydrogen) atoms. The SMILES string of the molecule is O=C(NCC1CCN(C2CC2)C1)c1ccc(Cl)cc1. The monoisotopic (exact) mass is 278 g/mol. The summed E-state index contributed by atoms with van der Waals surface area (Å²) in [6.07, 6.45) is 3.94. The molecular weight excluding hydrogens is 260 g/mol. The number of nitrogens with one attached hydrogen (secondary N) is 1. The van der Waals surface area contributed by atoms with Crippen molar-refractivity contribution in [2.24, 2.45) is 5.92 Å². The van der Waals surface area contributed by atoms with Gasteiger partial charge in [-0.1, -0.05) is 11.6 Å². The minimum atomic E-state index is 0.00142. The Bertz CT molecular complexity index is 456. The molecule has 0 aromatic heterocycles. The van der Waals surface area contributed by atoms with Crippen molar-refractivity contribution in [1.82, 2.24) is 10.2 Å². The van der Waals surface area contributed by atoms with E-state index in [0.29, 0.717) is 16.5 Å². The van der Waals surface area contributed by atoms with E-state index in [2.05, 4.69) is 10.2 Å². The van der Waals surface area contributed by atoms with Gasteiger partial charge in [0.25, 0.3) is 5.91 Å². The number of halogens is 1. The highest BCUT2D eigenvalue weighted by atomic mass is 35.5. The first-order valence-electron chi connectivity index (χ1n) is 7.00. The average molecular weight is 279 g/mol. The lowest BCUT2D eigenvalue weighted by atomic mass is 10.1. The molecule has 1 saturated carbocycles. The summed E-state index contributed by atoms with van der Waals surface area (Å²) in [5, 5.41) is 3.69. The van der Waals surface area contributed by atoms with E-state index >= 15 is 0 Å². The fraction of sp³-hybridized carbons (Fsp3) is 0.533. The Morgan fingerprint density at radius 2 is 2.00 bits per heavy atom. The van der Waals surface area contributed by atoms with Gasteiger partial charge >= 0.3 is 0 Å². The molecule has 1 heterocycles. The van der Waals surface area contributed by atoms with E-state index in [4.69, 9.17) is 11.6 Å². The Balaban J connectivity index is 1.46. The van der Waals surface area contributed by atoms with Crippen LogP contribution in [-0.2, 0) is 0 Å². The fourth-order valence-electron chi connectivity index (χ4n) is 2.74. The summed E-state index contributed by atoms with van der Waals surface area (Å²) >= 11 is 5.81. The van der Waals surface area contributed by atoms with E-state index in [9.17, 15) is 4.79 Å². The molecule has 1 aromatic rings. The second kappa shape index (κ2) is 5.51. The van der Waals surface area contributed by atoms with Gasteiger partial charge in [-0.25, -0.2) is 0 Å². The molecule has 0 bridgehead atoms. The minimum Gasteiger partial charge on any atom is -0.352 e. The van der Waals surface area contributed by atoms with Crippen LogP contribution in [0.1, 0.15) is 29.6 Å². The van der Waals surface area contributed by atoms with Crippen LogP contribution in [0.2, 0.25) is 5.02 Å². The first-order chi connectivity index (χ1) is 9.22. The van der Waals surface area contributed by atoms with E-state index in [0.717, 1.165) is 19.1 Å². The number of carbonyl (C=O) groups is 1. The van der Waals surface area contributed by atoms with E-state index in [1.165, 1.54) is 25.8 Å². The van der Waals surface area contributed by atoms with Crippen LogP contribution in [0.15, 0.2) is 24.3 Å². The molecule has 2 fully saturated rings. The molecule has 1 unspecified atom stereocenters. The number of benzene rings is 1. The molecule has 2 aliphatic rings. The van der Waals surface area contributed by atoms with Crippen LogP contribution in [0.3, 0.4) is 0 Å². The number of hydrogen-bond donors (Lipinski definition) is 1. The molecule has 3 nitrogen and oxygen atoms in total. The smallest absolute Gasteiger partial charge is 0.251 e. The first-order valence-corrected chi connectivity index (χ1v) is 7.38. The van der Waals surface area contributed by atoms with Crippen molar-refractivity contribution in [2.45, 2.75) is 25.3 Å². The quantitative estimate of drug-likeness (QED) is 0.918. The van der Waals surface area contributed by atoms with Crippen LogP contribution in [0.4, 0.5) is 0 Å². The van der Waals surface area contributed by atoms with Gasteiger partial charge in [-0.3, -0.25) is 4.79 Å². The number of likely N-dealkylation sites (tertiary alicyclic amines) is 1. The lowest BCUT2D eigenvalue weighted by Crippen LogP contribution is -2.31. The van der Waals surface area contributed by atoms with Crippen LogP contribution in [0.5, 0.6) is 0 Å². The highest BCUT2D eigenvalue weighted by Gasteiger charge is 2.34. The third kappa shape index (κ3) is 3.28. The maximum Gasteiger partial charge on any atom is 0.251 e. The second-order valence-corrected chi connectivity index (χ2v) is 6.03. The number of nitrogens with zero attached hydrogens (tertiary/aromatic N) is 1. The predicted octanol–water partition coefficient (Wildman–Crippen LogP) is 2.55. The van der Waals surface area contributed by atoms with Crippen LogP contribution in [0.25, 0.3) is 0 Å². The van der Waals surface area contributed by atoms with Gasteiger partial charge in [-0.05, 0) is 56.0 Å². The molecule has 0 radical (unpaired) electrons. The molecule has 1 saturated heterocycles. The lowest BCUT2D eigenvalue weighted by Gasteiger charge is -2.15. The van der Waals surface area contributed by atoms with E-state index in [1.807, 2.05) is 0 Å². The number of carbonyl (C=O) groups excluding carboxylic acids is 1. The molecule has 4 heteroatoms. The minimum absolute atomic E-state index is 0.00142. The number of rotatable bonds is 4. The third-order valence-corrected chi connectivity index (χ3v) is 4.29. The van der Waals surface area contributed by atoms with Crippen molar-refractivity contribution in [2.75, 3.05) is 19.6 Å². The van der Waals surface area contributed by atoms with Crippen LogP contribution >= 0.6 is 11.6 Å². The summed E-state index contributed by atoms with van der Waals surface area (Å²) in [6.45, 7) is 3.13. The highest BCUT2D eigenvalue weighted by molar-refractivity contribution is 6.30. The Hall–Kier alpha value is -1.06. The largest absolute Gasteiger partial charge is 0.352 e. The zero-order valence-electron chi connectivity index (χ0n) is 10.9. The zero-order valence-corrected chi connectivity index (χ0v) is 11.7. The summed E-state index contributed by atoms with van der Waals surface area (Å²) in [5.41, 5.74) is 0.682. The van der Waals surface area contributed by atoms with Crippen molar-refractivity contribution in [3.05, 3.63) is 34.9 Å². The van der Waals surface area contributed by atoms with E-state index in [1.54, 1.807) is 24.3 Å². The van der Waals surface area contributed by atoms with Crippen molar-refractivity contribution in [3.63, 3.8) is 0 Å². The van der Waals surface area contributed by atoms with Gasteiger partial charge < -0.3 is 10.2 Å². The van der Waals surface area contributed by atoms with Crippen LogP contribution < -0.4 is 5.32 Å². The Labute approximate surface area is 118 Å². The fourth-order valence-corrected chi connectivity index (χ4v) is 2.87. The molecule has 3 rings (SSSR count). The molecule has 1 aliphatic heterocycles. The predicted molar refractivity (Wildman–Crippen MR) is 76.5 cm³/mol. The van der Waals surface area contributed by atoms with Crippen molar-refractivity contribution >= 4 is 17.5 Å². The summed E-state index contributed by atoms with van der Waals surface area (Å²) in [5.74, 6) is 0.610. The topological polar surface area (TPSA) is 32.3 Å². The van der Waals surface area contributed by atoms with Gasteiger partial charge in [0, 0.05) is 29.7 Å². The molecular formula is C15H19ClN2O. The number of amides is 1. The van der Waals surface area contributed by atoms with Gasteiger partial charge in [0.05, 0.1) is 0 Å². The summed E-state index contributed by atoms with van der Waals surface area (Å²) in [6, 6.07) is 7.88. The lowest BCUT2D eigenvalue weighted by molar-refractivity contribution is 0.0947. The van der Waals surface area contributed by atoms with Crippen LogP contribution in [-0.4, -0.2) is 36.5 Å². The third-order valence-electron chi connectivity index (χ3n) is 4.04. The Morgan fingerprint density at radius 1 is 1.26 bits per heavy atom. The molecule has 102 valence electrons. The number of hydrogen-bond acceptors (Lipinski definition) is 2. The van der Waals surface area contributed by atoms with Gasteiger partial charge in [-0.15, -0.1) is 0 Å². The van der Waals surface area contributed by atoms with Crippen molar-refractivity contribution in [1.29, 1.82) is 0 Å². The summed E-state index contributed by atoms with van der Waals surface area (Å²) < 4.78 is 0.